The van der Waals surface area contributed by atoms with Crippen LogP contribution in [0.1, 0.15) is 0 Å². The fourth-order valence-corrected chi connectivity index (χ4v) is 0. The van der Waals surface area contributed by atoms with E-state index < -0.39 is 5.97 Å². The van der Waals surface area contributed by atoms with Crippen molar-refractivity contribution in [3.8, 4) is 0 Å². The van der Waals surface area contributed by atoms with E-state index in [1.54, 1.807) is 0 Å². The standard InChI is InChI=1S/C3H5O2.Na.H/c1-3(4)5-2;;/h1H2,2H3;;. The number of carbonyl (C=O) groups is 1. The summed E-state index contributed by atoms with van der Waals surface area (Å²) >= 11 is 0. The van der Waals surface area contributed by atoms with Gasteiger partial charge in [-0.25, -0.2) is 0 Å². The van der Waals surface area contributed by atoms with Gasteiger partial charge < -0.3 is 4.74 Å². The first-order chi connectivity index (χ1) is 2.27. The van der Waals surface area contributed by atoms with E-state index in [4.69, 9.17) is 0 Å². The van der Waals surface area contributed by atoms with Crippen LogP contribution < -0.4 is 0 Å². The van der Waals surface area contributed by atoms with Gasteiger partial charge in [0, 0.05) is 0 Å². The van der Waals surface area contributed by atoms with Crippen molar-refractivity contribution in [3.05, 3.63) is 6.92 Å². The zero-order valence-corrected chi connectivity index (χ0v) is 3.02. The Morgan fingerprint density at radius 1 is 1.83 bits per heavy atom. The van der Waals surface area contributed by atoms with E-state index in [-0.39, 0.29) is 29.6 Å². The molecule has 0 N–H and O–H groups in total. The molecular formula is C3H6NaO2. The predicted molar refractivity (Wildman–Crippen MR) is 24.5 cm³/mol. The van der Waals surface area contributed by atoms with E-state index >= 15 is 0 Å². The fourth-order valence-electron chi connectivity index (χ4n) is 0. The molecule has 0 aromatic rings. The van der Waals surface area contributed by atoms with Crippen molar-refractivity contribution >= 4 is 35.5 Å². The van der Waals surface area contributed by atoms with Crippen LogP contribution in [-0.4, -0.2) is 42.6 Å². The Labute approximate surface area is 59.2 Å². The Hall–Kier alpha value is 0.470. The van der Waals surface area contributed by atoms with Gasteiger partial charge in [-0.15, -0.1) is 0 Å². The van der Waals surface area contributed by atoms with E-state index in [0.717, 1.165) is 0 Å². The van der Waals surface area contributed by atoms with Crippen molar-refractivity contribution in [1.29, 1.82) is 0 Å². The molecule has 0 aromatic heterocycles. The van der Waals surface area contributed by atoms with Gasteiger partial charge in [-0.1, -0.05) is 0 Å². The second kappa shape index (κ2) is 5.47. The van der Waals surface area contributed by atoms with E-state index in [0.29, 0.717) is 0 Å². The van der Waals surface area contributed by atoms with Crippen molar-refractivity contribution in [2.24, 2.45) is 0 Å². The summed E-state index contributed by atoms with van der Waals surface area (Å²) in [6, 6.07) is 0. The number of methoxy groups -OCH3 is 1. The molecule has 31 valence electrons. The van der Waals surface area contributed by atoms with Crippen LogP contribution in [0.3, 0.4) is 0 Å². The number of ether oxygens (including phenoxy) is 1. The summed E-state index contributed by atoms with van der Waals surface area (Å²) in [6.45, 7) is 2.90. The minimum absolute atomic E-state index is 0. The van der Waals surface area contributed by atoms with Crippen LogP contribution in [0.2, 0.25) is 0 Å². The van der Waals surface area contributed by atoms with Gasteiger partial charge in [-0.05, 0) is 0 Å². The monoisotopic (exact) mass is 97.0 g/mol. The Morgan fingerprint density at radius 3 is 2.00 bits per heavy atom. The van der Waals surface area contributed by atoms with Crippen LogP contribution in [0.25, 0.3) is 0 Å². The van der Waals surface area contributed by atoms with Crippen molar-refractivity contribution in [2.75, 3.05) is 7.11 Å². The number of esters is 1. The van der Waals surface area contributed by atoms with Gasteiger partial charge in [0.15, 0.2) is 0 Å². The van der Waals surface area contributed by atoms with E-state index in [2.05, 4.69) is 11.7 Å². The average molecular weight is 97.1 g/mol. The fraction of sp³-hybridized carbons (Fsp3) is 0.333. The Morgan fingerprint density at radius 2 is 2.00 bits per heavy atom. The summed E-state index contributed by atoms with van der Waals surface area (Å²) in [5.41, 5.74) is 0. The first-order valence-corrected chi connectivity index (χ1v) is 1.17. The molecular weight excluding hydrogens is 91.0 g/mol. The maximum absolute atomic E-state index is 9.48. The molecule has 0 aliphatic rings. The maximum atomic E-state index is 9.48. The Kier molecular flexibility index (Phi) is 8.83. The molecule has 0 unspecified atom stereocenters. The van der Waals surface area contributed by atoms with Crippen molar-refractivity contribution < 1.29 is 9.53 Å². The SMILES string of the molecule is [CH2]C(=O)OC.[NaH]. The van der Waals surface area contributed by atoms with Gasteiger partial charge in [0.05, 0.1) is 14.0 Å². The number of hydrogen-bond acceptors (Lipinski definition) is 2. The third kappa shape index (κ3) is 8.82. The summed E-state index contributed by atoms with van der Waals surface area (Å²) in [5.74, 6) is -0.495. The van der Waals surface area contributed by atoms with Gasteiger partial charge in [-0.2, -0.15) is 0 Å². The molecule has 6 heavy (non-hydrogen) atoms. The Bertz CT molecular complexity index is 44.1. The molecule has 0 saturated heterocycles. The summed E-state index contributed by atoms with van der Waals surface area (Å²) in [7, 11) is 1.29. The van der Waals surface area contributed by atoms with Crippen LogP contribution in [0.4, 0.5) is 0 Å². The van der Waals surface area contributed by atoms with E-state index in [1.165, 1.54) is 7.11 Å². The van der Waals surface area contributed by atoms with Crippen LogP contribution in [0.5, 0.6) is 0 Å². The van der Waals surface area contributed by atoms with Crippen LogP contribution in [0.15, 0.2) is 0 Å². The summed E-state index contributed by atoms with van der Waals surface area (Å²) < 4.78 is 4.00. The Balaban J connectivity index is 0. The van der Waals surface area contributed by atoms with Crippen molar-refractivity contribution in [2.45, 2.75) is 0 Å². The molecule has 3 heteroatoms. The van der Waals surface area contributed by atoms with Gasteiger partial charge in [-0.3, -0.25) is 4.79 Å². The molecule has 0 aliphatic carbocycles. The molecule has 0 bridgehead atoms. The van der Waals surface area contributed by atoms with E-state index in [9.17, 15) is 4.79 Å². The third-order valence-corrected chi connectivity index (χ3v) is 0.228. The van der Waals surface area contributed by atoms with Crippen LogP contribution in [-0.2, 0) is 9.53 Å². The quantitative estimate of drug-likeness (QED) is 0.296. The average Bonchev–Trinajstić information content (AvgIpc) is 1.38. The van der Waals surface area contributed by atoms with Crippen LogP contribution in [0, 0.1) is 6.92 Å². The van der Waals surface area contributed by atoms with Gasteiger partial charge in [0.1, 0.15) is 0 Å². The molecule has 0 fully saturated rings. The molecule has 2 nitrogen and oxygen atoms in total. The normalized spacial score (nSPS) is 5.67. The second-order valence-electron chi connectivity index (χ2n) is 0.576. The second-order valence-corrected chi connectivity index (χ2v) is 0.576. The number of rotatable bonds is 0. The molecule has 0 rings (SSSR count). The molecule has 0 aliphatic heterocycles. The zero-order chi connectivity index (χ0) is 4.28. The predicted octanol–water partition coefficient (Wildman–Crippen LogP) is -0.655. The van der Waals surface area contributed by atoms with Gasteiger partial charge in [0.25, 0.3) is 0 Å². The van der Waals surface area contributed by atoms with Gasteiger partial charge in [0.2, 0.25) is 0 Å². The van der Waals surface area contributed by atoms with E-state index in [1.807, 2.05) is 0 Å². The summed E-state index contributed by atoms with van der Waals surface area (Å²) in [6.07, 6.45) is 0. The molecule has 0 saturated carbocycles. The molecule has 0 heterocycles. The third-order valence-electron chi connectivity index (χ3n) is 0.228. The summed E-state index contributed by atoms with van der Waals surface area (Å²) in [4.78, 5) is 9.48. The molecule has 0 spiro atoms. The topological polar surface area (TPSA) is 26.3 Å². The van der Waals surface area contributed by atoms with Crippen molar-refractivity contribution in [1.82, 2.24) is 0 Å². The summed E-state index contributed by atoms with van der Waals surface area (Å²) in [5, 5.41) is 0. The van der Waals surface area contributed by atoms with Crippen LogP contribution >= 0.6 is 0 Å². The molecule has 1 radical (unpaired) electrons. The molecule has 0 amide bonds. The minimum atomic E-state index is -0.495. The van der Waals surface area contributed by atoms with Crippen molar-refractivity contribution in [3.63, 3.8) is 0 Å². The first-order valence-electron chi connectivity index (χ1n) is 1.17. The molecule has 0 aromatic carbocycles. The zero-order valence-electron chi connectivity index (χ0n) is 3.02. The number of hydrogen-bond donors (Lipinski definition) is 0. The molecule has 0 atom stereocenters. The first kappa shape index (κ1) is 9.69. The number of carbonyl (C=O) groups excluding carboxylic acids is 1. The van der Waals surface area contributed by atoms with Gasteiger partial charge >= 0.3 is 35.5 Å².